The minimum atomic E-state index is -3.72. The van der Waals surface area contributed by atoms with Gasteiger partial charge < -0.3 is 65.9 Å². The smallest absolute Gasteiger partial charge is 0.380 e. The predicted molar refractivity (Wildman–Crippen MR) is 278 cm³/mol. The van der Waals surface area contributed by atoms with Gasteiger partial charge in [-0.3, -0.25) is 27.9 Å². The van der Waals surface area contributed by atoms with E-state index in [9.17, 15) is 27.7 Å². The number of likely N-dealkylation sites (N-methyl/N-ethyl adjacent to an activating group) is 5. The third-order valence-electron chi connectivity index (χ3n) is 3.59. The fourth-order valence-electron chi connectivity index (χ4n) is 1.39. The Kier molecular flexibility index (Phi) is 158. The summed E-state index contributed by atoms with van der Waals surface area (Å²) >= 11 is 39.4. The zero-order valence-electron chi connectivity index (χ0n) is 33.0. The van der Waals surface area contributed by atoms with Crippen LogP contribution in [0.25, 0.3) is 0 Å². The molecule has 20 nitrogen and oxygen atoms in total. The third-order valence-corrected chi connectivity index (χ3v) is 8.64. The first-order valence-electron chi connectivity index (χ1n) is 15.1. The van der Waals surface area contributed by atoms with Crippen LogP contribution in [0.3, 0.4) is 0 Å². The molecule has 0 aliphatic heterocycles. The molecule has 0 rings (SSSR count). The van der Waals surface area contributed by atoms with Crippen LogP contribution in [0.2, 0.25) is 0 Å². The lowest BCUT2D eigenvalue weighted by atomic mass is 10.7. The van der Waals surface area contributed by atoms with E-state index in [1.54, 1.807) is 0 Å². The molecule has 17 N–H and O–H groups in total. The van der Waals surface area contributed by atoms with Gasteiger partial charge in [0.2, 0.25) is 7.75 Å². The Morgan fingerprint density at radius 3 is 0.885 bits per heavy atom. The van der Waals surface area contributed by atoms with Crippen molar-refractivity contribution in [3.05, 3.63) is 0 Å². The molecule has 61 heavy (non-hydrogen) atoms. The van der Waals surface area contributed by atoms with E-state index < -0.39 is 32.0 Å². The van der Waals surface area contributed by atoms with Crippen LogP contribution in [0.1, 0.15) is 51.0 Å². The van der Waals surface area contributed by atoms with Crippen molar-refractivity contribution in [2.45, 2.75) is 51.0 Å². The van der Waals surface area contributed by atoms with E-state index in [-0.39, 0.29) is 93.0 Å². The summed E-state index contributed by atoms with van der Waals surface area (Å²) in [6.07, 6.45) is -6.54. The van der Waals surface area contributed by atoms with Gasteiger partial charge in [-0.1, -0.05) is 51.0 Å². The summed E-state index contributed by atoms with van der Waals surface area (Å²) in [5.41, 5.74) is 4.50. The normalized spacial score (nSPS) is 10.8. The Morgan fingerprint density at radius 2 is 0.738 bits per heavy atom. The van der Waals surface area contributed by atoms with Crippen LogP contribution in [0.5, 0.6) is 0 Å². The van der Waals surface area contributed by atoms with E-state index >= 15 is 0 Å². The van der Waals surface area contributed by atoms with Gasteiger partial charge in [-0.05, 0) is 111 Å². The second kappa shape index (κ2) is 83.7. The molecule has 0 saturated heterocycles. The minimum Gasteiger partial charge on any atom is -0.766 e. The largest absolute Gasteiger partial charge is 0.766 e. The Morgan fingerprint density at radius 1 is 0.525 bits per heavy atom. The van der Waals surface area contributed by atoms with E-state index in [4.69, 9.17) is 65.8 Å². The van der Waals surface area contributed by atoms with Crippen molar-refractivity contribution in [1.82, 2.24) is 10.2 Å². The number of nitrogens with two attached hydrogens (primary N) is 6. The molecule has 400 valence electrons. The van der Waals surface area contributed by atoms with Crippen LogP contribution in [0, 0.1) is 0 Å². The van der Waals surface area contributed by atoms with Gasteiger partial charge in [-0.2, -0.15) is 0 Å². The minimum absolute atomic E-state index is 0. The van der Waals surface area contributed by atoms with Crippen LogP contribution < -0.4 is 47.4 Å². The molecule has 0 aromatic rings. The average Bonchev–Trinajstić information content (AvgIpc) is 3.03. The number of nitrogens with one attached hydrogen (secondary N) is 2. The van der Waals surface area contributed by atoms with Crippen LogP contribution >= 0.6 is 159 Å². The zero-order valence-corrected chi connectivity index (χ0v) is 46.0. The van der Waals surface area contributed by atoms with E-state index in [1.165, 1.54) is 21.1 Å². The van der Waals surface area contributed by atoms with Gasteiger partial charge >= 0.3 is 24.2 Å². The fourth-order valence-corrected chi connectivity index (χ4v) is 4.01. The number of quaternary nitrogens is 5. The quantitative estimate of drug-likeness (QED) is 0.0603. The van der Waals surface area contributed by atoms with Crippen molar-refractivity contribution in [1.29, 1.82) is 0 Å². The summed E-state index contributed by atoms with van der Waals surface area (Å²) in [6.45, 7) is 6.20. The first kappa shape index (κ1) is 115. The maximum absolute atomic E-state index is 10.9. The van der Waals surface area contributed by atoms with Gasteiger partial charge in [-0.25, -0.2) is 5.09 Å². The highest BCUT2D eigenvalue weighted by Gasteiger charge is 2.15. The summed E-state index contributed by atoms with van der Waals surface area (Å²) < 4.78 is 70.0. The molecular weight excluding hydrogens is 1150 g/mol. The molecule has 0 aliphatic rings. The topological polar surface area (TPSA) is 330 Å². The molecule has 0 aromatic carbocycles. The van der Waals surface area contributed by atoms with E-state index in [2.05, 4.69) is 63.2 Å². The molecule has 0 bridgehead atoms. The molecule has 2 unspecified atom stereocenters. The average molecular weight is 1240 g/mol. The maximum Gasteiger partial charge on any atom is 0.380 e. The summed E-state index contributed by atoms with van der Waals surface area (Å²) in [4.78, 5) is 10.6. The molecule has 0 amide bonds. The Labute approximate surface area is 427 Å². The molecule has 0 radical (unpaired) electrons. The number of halogens is 11. The predicted octanol–water partition coefficient (Wildman–Crippen LogP) is 4.42. The number of hydrogen-bond donors (Lipinski definition) is 9. The monoisotopic (exact) mass is 1230 g/mol. The second-order valence-corrected chi connectivity index (χ2v) is 27.6. The van der Waals surface area contributed by atoms with Gasteiger partial charge in [0.05, 0.1) is 74.6 Å². The lowest BCUT2D eigenvalue weighted by Crippen LogP contribution is -2.80. The molecule has 0 saturated carbocycles. The molecule has 2 atom stereocenters. The SMILES string of the molecule is C.C.C.C.C.CC.CN.CNP(=O)(Cl)OCC[NH2+]C.CNP(=O)([O-])OCC[NH2+]C.C[NH2+]CCO.C[NH2+]CCOP(=O)(Cl)Cl.C[NH2+]CCOP(=O)(Cl)Cl.Cl.Cl.Cl.O.O=P(Cl)(Cl)Cl. The standard InChI is InChI=1S/C4H12ClN2O2P.C4H13N2O3P.2C3H8Cl2NO2P.C3H9NO.C2H6.CH5N.5CH4.Cl3OP.3ClH.H2O/c1-6-3-4-9-10(5,8)7-2;1-5-3-4-9-10(7,8)6-2;2*1-6-2-3-8-9(4,5)7;1-4-2-3-5;2*1-2;;;;;;1-5(2,3)4;;;;/h6H,3-4H2,1-2H3,(H,7,8);5H,3-4H2,1-2H3,(H2,6,7,8);2*6H,2-3H2,1H3;4-5H,2-3H2,1H3;1-2H3;2H2,1H3;5*1H4;;3*1H;1H2/p+4. The highest BCUT2D eigenvalue weighted by Crippen LogP contribution is 2.61. The molecule has 0 aromatic heterocycles. The van der Waals surface area contributed by atoms with Crippen molar-refractivity contribution in [2.24, 2.45) is 5.73 Å². The van der Waals surface area contributed by atoms with Gasteiger partial charge in [0.25, 0.3) is 0 Å². The fraction of sp³-hybridized carbons (Fsp3) is 1.00. The van der Waals surface area contributed by atoms with Crippen LogP contribution in [0.4, 0.5) is 0 Å². The molecule has 0 fully saturated rings. The van der Waals surface area contributed by atoms with Gasteiger partial charge in [-0.15, -0.1) is 37.2 Å². The van der Waals surface area contributed by atoms with Crippen molar-refractivity contribution in [3.63, 3.8) is 0 Å². The maximum atomic E-state index is 10.9. The molecule has 36 heteroatoms. The number of rotatable bonds is 20. The van der Waals surface area contributed by atoms with Gasteiger partial charge in [0, 0.05) is 0 Å². The lowest BCUT2D eigenvalue weighted by Gasteiger charge is -2.20. The first-order valence-corrected chi connectivity index (χ1v) is 30.5. The van der Waals surface area contributed by atoms with E-state index in [0.717, 1.165) is 13.1 Å². The second-order valence-electron chi connectivity index (χ2n) is 7.69. The highest BCUT2D eigenvalue weighted by molar-refractivity contribution is 8.24. The van der Waals surface area contributed by atoms with Gasteiger partial charge in [0.1, 0.15) is 26.4 Å². The Balaban J connectivity index is -0.0000000246. The van der Waals surface area contributed by atoms with Crippen LogP contribution in [-0.4, -0.2) is 133 Å². The van der Waals surface area contributed by atoms with Gasteiger partial charge in [0.15, 0.2) is 0 Å². The van der Waals surface area contributed by atoms with Crippen molar-refractivity contribution in [3.8, 4) is 0 Å². The molecule has 0 heterocycles. The zero-order chi connectivity index (χ0) is 43.3. The Hall–Kier alpha value is 3.74. The lowest BCUT2D eigenvalue weighted by molar-refractivity contribution is -0.628. The molecule has 0 spiro atoms. The van der Waals surface area contributed by atoms with Crippen molar-refractivity contribution in [2.75, 3.05) is 122 Å². The van der Waals surface area contributed by atoms with E-state index in [0.29, 0.717) is 39.5 Å². The van der Waals surface area contributed by atoms with E-state index in [1.807, 2.05) is 75.7 Å². The van der Waals surface area contributed by atoms with Crippen LogP contribution in [0.15, 0.2) is 0 Å². The summed E-state index contributed by atoms with van der Waals surface area (Å²) in [7, 11) is 10.0. The van der Waals surface area contributed by atoms with Crippen LogP contribution in [-0.2, 0) is 40.9 Å². The highest BCUT2D eigenvalue weighted by atomic mass is 36.0. The number of hydrogen-bond acceptors (Lipinski definition) is 12. The third kappa shape index (κ3) is 190. The molecular formula is C25H90Cl11N8O12P5+4. The molecule has 0 aliphatic carbocycles. The first-order chi connectivity index (χ1) is 23.8. The summed E-state index contributed by atoms with van der Waals surface area (Å²) in [5, 5.41) is 18.7. The van der Waals surface area contributed by atoms with Crippen molar-refractivity contribution >= 4 is 159 Å². The number of aliphatic hydroxyl groups excluding tert-OH is 1. The van der Waals surface area contributed by atoms with Crippen molar-refractivity contribution < 1.29 is 83.0 Å². The summed E-state index contributed by atoms with van der Waals surface area (Å²) in [6, 6.07) is 0. The number of aliphatic hydroxyl groups is 1. The Bertz CT molecular complexity index is 886. The summed E-state index contributed by atoms with van der Waals surface area (Å²) in [5.74, 6) is 0.